The summed E-state index contributed by atoms with van der Waals surface area (Å²) in [6.45, 7) is 5.97. The van der Waals surface area contributed by atoms with E-state index in [9.17, 15) is 14.7 Å². The number of carbonyl (C=O) groups excluding carboxylic acids is 2. The number of urea groups is 1. The lowest BCUT2D eigenvalue weighted by atomic mass is 9.95. The number of rotatable bonds is 13. The van der Waals surface area contributed by atoms with Gasteiger partial charge in [0.2, 0.25) is 0 Å². The molecule has 3 rings (SSSR count). The number of halogens is 1. The number of hydrogen-bond donors (Lipinski definition) is 4. The largest absolute Gasteiger partial charge is 0.492 e. The molecule has 2 amide bonds. The average Bonchev–Trinajstić information content (AvgIpc) is 2.92. The standard InChI is InChI=1S/C27H33BrN4O8/c1-6-38-20-12-17(24-23(26(34)37-5)15(3)30-27(35)31-24)8-9-19(20)40-14-22(33)32-29-13-16-10-18(28)25(36-4)21(11-16)39-7-2/h8-13,22,24,32-33H,6-7,14H2,1-5H3,(H2,30,31,35)/b29-13+/t22-,24+/m0/s1. The number of amides is 2. The Morgan fingerprint density at radius 3 is 2.52 bits per heavy atom. The van der Waals surface area contributed by atoms with Crippen LogP contribution in [0.25, 0.3) is 0 Å². The van der Waals surface area contributed by atoms with Crippen LogP contribution in [0.15, 0.2) is 51.2 Å². The number of methoxy groups -OCH3 is 2. The predicted molar refractivity (Wildman–Crippen MR) is 151 cm³/mol. The number of benzene rings is 2. The minimum atomic E-state index is -1.14. The number of hydrazone groups is 1. The van der Waals surface area contributed by atoms with E-state index in [4.69, 9.17) is 23.7 Å². The number of nitrogens with one attached hydrogen (secondary N) is 3. The van der Waals surface area contributed by atoms with Gasteiger partial charge < -0.3 is 39.4 Å². The van der Waals surface area contributed by atoms with E-state index in [1.54, 1.807) is 44.4 Å². The van der Waals surface area contributed by atoms with Crippen molar-refractivity contribution in [1.29, 1.82) is 0 Å². The number of aliphatic hydroxyl groups excluding tert-OH is 1. The molecule has 0 saturated carbocycles. The smallest absolute Gasteiger partial charge is 0.337 e. The zero-order chi connectivity index (χ0) is 29.2. The summed E-state index contributed by atoms with van der Waals surface area (Å²) < 4.78 is 28.1. The van der Waals surface area contributed by atoms with Gasteiger partial charge in [-0.15, -0.1) is 0 Å². The van der Waals surface area contributed by atoms with Gasteiger partial charge in [0.1, 0.15) is 6.61 Å². The van der Waals surface area contributed by atoms with Gasteiger partial charge in [-0.05, 0) is 72.1 Å². The Balaban J connectivity index is 1.70. The molecule has 0 fully saturated rings. The Morgan fingerprint density at radius 1 is 1.12 bits per heavy atom. The number of hydrogen-bond acceptors (Lipinski definition) is 10. The second kappa shape index (κ2) is 14.4. The predicted octanol–water partition coefficient (Wildman–Crippen LogP) is 3.38. The average molecular weight is 621 g/mol. The normalized spacial score (nSPS) is 15.7. The van der Waals surface area contributed by atoms with Crippen LogP contribution in [-0.4, -0.2) is 63.6 Å². The molecular weight excluding hydrogens is 588 g/mol. The van der Waals surface area contributed by atoms with Crippen LogP contribution < -0.4 is 35.0 Å². The summed E-state index contributed by atoms with van der Waals surface area (Å²) >= 11 is 3.45. The molecular formula is C27H33BrN4O8. The molecule has 0 aromatic heterocycles. The Kier molecular flexibility index (Phi) is 11.0. The van der Waals surface area contributed by atoms with Crippen molar-refractivity contribution >= 4 is 34.1 Å². The van der Waals surface area contributed by atoms with E-state index >= 15 is 0 Å². The molecule has 40 heavy (non-hydrogen) atoms. The quantitative estimate of drug-likeness (QED) is 0.114. The zero-order valence-corrected chi connectivity index (χ0v) is 24.5. The second-order valence-electron chi connectivity index (χ2n) is 8.38. The molecule has 216 valence electrons. The van der Waals surface area contributed by atoms with E-state index in [2.05, 4.69) is 37.1 Å². The highest BCUT2D eigenvalue weighted by atomic mass is 79.9. The number of esters is 1. The minimum Gasteiger partial charge on any atom is -0.492 e. The first kappa shape index (κ1) is 30.6. The van der Waals surface area contributed by atoms with Crippen LogP contribution >= 0.6 is 15.9 Å². The van der Waals surface area contributed by atoms with Crippen LogP contribution in [0.2, 0.25) is 0 Å². The summed E-state index contributed by atoms with van der Waals surface area (Å²) in [7, 11) is 2.83. The van der Waals surface area contributed by atoms with E-state index in [0.717, 1.165) is 0 Å². The van der Waals surface area contributed by atoms with Crippen LogP contribution in [0.4, 0.5) is 4.79 Å². The van der Waals surface area contributed by atoms with Crippen LogP contribution in [0.3, 0.4) is 0 Å². The first-order chi connectivity index (χ1) is 19.2. The molecule has 4 N–H and O–H groups in total. The monoisotopic (exact) mass is 620 g/mol. The van der Waals surface area contributed by atoms with Crippen molar-refractivity contribution in [1.82, 2.24) is 16.1 Å². The number of allylic oxidation sites excluding steroid dienone is 1. The molecule has 2 atom stereocenters. The third kappa shape index (κ3) is 7.57. The van der Waals surface area contributed by atoms with Gasteiger partial charge in [0.15, 0.2) is 29.2 Å². The van der Waals surface area contributed by atoms with Gasteiger partial charge in [-0.2, -0.15) is 5.10 Å². The highest BCUT2D eigenvalue weighted by Gasteiger charge is 2.32. The Bertz CT molecular complexity index is 1280. The van der Waals surface area contributed by atoms with Gasteiger partial charge in [-0.3, -0.25) is 5.43 Å². The van der Waals surface area contributed by atoms with E-state index in [0.29, 0.717) is 57.5 Å². The highest BCUT2D eigenvalue weighted by Crippen LogP contribution is 2.36. The Hall–Kier alpha value is -3.97. The van der Waals surface area contributed by atoms with Gasteiger partial charge in [0.25, 0.3) is 0 Å². The van der Waals surface area contributed by atoms with Gasteiger partial charge in [-0.25, -0.2) is 9.59 Å². The summed E-state index contributed by atoms with van der Waals surface area (Å²) in [5.41, 5.74) is 4.58. The fourth-order valence-electron chi connectivity index (χ4n) is 3.94. The second-order valence-corrected chi connectivity index (χ2v) is 9.24. The van der Waals surface area contributed by atoms with Crippen molar-refractivity contribution in [3.8, 4) is 23.0 Å². The lowest BCUT2D eigenvalue weighted by Gasteiger charge is -2.28. The third-order valence-electron chi connectivity index (χ3n) is 5.65. The van der Waals surface area contributed by atoms with E-state index in [1.807, 2.05) is 13.8 Å². The summed E-state index contributed by atoms with van der Waals surface area (Å²) in [5.74, 6) is 1.30. The summed E-state index contributed by atoms with van der Waals surface area (Å²) in [6.07, 6.45) is 0.386. The first-order valence-corrected chi connectivity index (χ1v) is 13.2. The summed E-state index contributed by atoms with van der Waals surface area (Å²) in [4.78, 5) is 24.5. The maximum atomic E-state index is 12.4. The fraction of sp³-hybridized carbons (Fsp3) is 0.370. The number of nitrogens with zero attached hydrogens (tertiary/aromatic N) is 1. The van der Waals surface area contributed by atoms with Crippen LogP contribution in [0.1, 0.15) is 37.9 Å². The van der Waals surface area contributed by atoms with Crippen LogP contribution in [0.5, 0.6) is 23.0 Å². The summed E-state index contributed by atoms with van der Waals surface area (Å²) in [6, 6.07) is 7.37. The Morgan fingerprint density at radius 2 is 1.85 bits per heavy atom. The molecule has 2 aromatic rings. The minimum absolute atomic E-state index is 0.149. The molecule has 0 bridgehead atoms. The number of carbonyl (C=O) groups is 2. The maximum Gasteiger partial charge on any atom is 0.337 e. The van der Waals surface area contributed by atoms with Crippen molar-refractivity contribution in [3.63, 3.8) is 0 Å². The van der Waals surface area contributed by atoms with Crippen molar-refractivity contribution in [2.24, 2.45) is 5.10 Å². The molecule has 0 radical (unpaired) electrons. The van der Waals surface area contributed by atoms with E-state index < -0.39 is 24.3 Å². The van der Waals surface area contributed by atoms with Gasteiger partial charge in [0.05, 0.1) is 49.7 Å². The molecule has 0 unspecified atom stereocenters. The summed E-state index contributed by atoms with van der Waals surface area (Å²) in [5, 5.41) is 19.8. The Labute approximate surface area is 240 Å². The van der Waals surface area contributed by atoms with Crippen molar-refractivity contribution in [3.05, 3.63) is 57.2 Å². The molecule has 1 heterocycles. The highest BCUT2D eigenvalue weighted by molar-refractivity contribution is 9.10. The van der Waals surface area contributed by atoms with E-state index in [-0.39, 0.29) is 12.2 Å². The molecule has 1 aliphatic rings. The fourth-order valence-corrected chi connectivity index (χ4v) is 4.57. The lowest BCUT2D eigenvalue weighted by molar-refractivity contribution is -0.136. The maximum absolute atomic E-state index is 12.4. The van der Waals surface area contributed by atoms with E-state index in [1.165, 1.54) is 13.3 Å². The molecule has 0 saturated heterocycles. The molecule has 12 nitrogen and oxygen atoms in total. The third-order valence-corrected chi connectivity index (χ3v) is 6.23. The van der Waals surface area contributed by atoms with Crippen LogP contribution in [-0.2, 0) is 9.53 Å². The molecule has 0 aliphatic carbocycles. The van der Waals surface area contributed by atoms with Gasteiger partial charge >= 0.3 is 12.0 Å². The van der Waals surface area contributed by atoms with Gasteiger partial charge in [-0.1, -0.05) is 6.07 Å². The molecule has 2 aromatic carbocycles. The van der Waals surface area contributed by atoms with Crippen molar-refractivity contribution in [2.75, 3.05) is 34.0 Å². The molecule has 0 spiro atoms. The first-order valence-electron chi connectivity index (χ1n) is 12.4. The number of ether oxygens (including phenoxy) is 5. The van der Waals surface area contributed by atoms with Crippen molar-refractivity contribution in [2.45, 2.75) is 33.0 Å². The number of aliphatic hydroxyl groups is 1. The molecule has 1 aliphatic heterocycles. The van der Waals surface area contributed by atoms with Crippen molar-refractivity contribution < 1.29 is 38.4 Å². The topological polar surface area (TPSA) is 149 Å². The van der Waals surface area contributed by atoms with Gasteiger partial charge in [0, 0.05) is 5.70 Å². The lowest BCUT2D eigenvalue weighted by Crippen LogP contribution is -2.45. The van der Waals surface area contributed by atoms with Crippen LogP contribution in [0, 0.1) is 0 Å². The zero-order valence-electron chi connectivity index (χ0n) is 22.9. The molecule has 13 heteroatoms. The SMILES string of the molecule is CCOc1cc([C@H]2NC(=O)NC(C)=C2C(=O)OC)ccc1OC[C@H](O)N/N=C/c1cc(Br)c(OC)c(OCC)c1.